The smallest absolute Gasteiger partial charge is 0.0540 e. The number of aliphatic hydroxyl groups excluding tert-OH is 1. The standard InChI is InChI=1S/C6H14.C4H6O/c1-3-5-6-4-2;1-2-3-4-5/h3-6H2,1-2H3;1,5H,3-4H2. The van der Waals surface area contributed by atoms with Gasteiger partial charge in [-0.25, -0.2) is 0 Å². The molecule has 0 fully saturated rings. The molecule has 0 heterocycles. The maximum absolute atomic E-state index is 7.92. The highest BCUT2D eigenvalue weighted by Gasteiger charge is 1.75. The van der Waals surface area contributed by atoms with E-state index in [2.05, 4.69) is 19.8 Å². The van der Waals surface area contributed by atoms with E-state index in [1.54, 1.807) is 0 Å². The van der Waals surface area contributed by atoms with Crippen molar-refractivity contribution in [3.8, 4) is 12.3 Å². The summed E-state index contributed by atoms with van der Waals surface area (Å²) in [5.41, 5.74) is 0. The molecule has 66 valence electrons. The molecule has 11 heavy (non-hydrogen) atoms. The number of hydrogen-bond acceptors (Lipinski definition) is 1. The van der Waals surface area contributed by atoms with Gasteiger partial charge in [-0.3, -0.25) is 0 Å². The summed E-state index contributed by atoms with van der Waals surface area (Å²) in [5.74, 6) is 2.27. The summed E-state index contributed by atoms with van der Waals surface area (Å²) in [6.07, 6.45) is 10.7. The van der Waals surface area contributed by atoms with Crippen molar-refractivity contribution in [1.29, 1.82) is 0 Å². The predicted molar refractivity (Wildman–Crippen MR) is 50.4 cm³/mol. The molecular weight excluding hydrogens is 136 g/mol. The van der Waals surface area contributed by atoms with Crippen LogP contribution >= 0.6 is 0 Å². The minimum atomic E-state index is 0.108. The molecule has 0 spiro atoms. The topological polar surface area (TPSA) is 20.2 Å². The molecule has 0 bridgehead atoms. The lowest BCUT2D eigenvalue weighted by molar-refractivity contribution is 0.305. The summed E-state index contributed by atoms with van der Waals surface area (Å²) in [6.45, 7) is 4.57. The summed E-state index contributed by atoms with van der Waals surface area (Å²) < 4.78 is 0. The fraction of sp³-hybridized carbons (Fsp3) is 0.800. The van der Waals surface area contributed by atoms with Crippen LogP contribution in [-0.4, -0.2) is 11.7 Å². The molecule has 0 saturated heterocycles. The van der Waals surface area contributed by atoms with Gasteiger partial charge in [-0.15, -0.1) is 12.3 Å². The van der Waals surface area contributed by atoms with Crippen LogP contribution in [-0.2, 0) is 0 Å². The fourth-order valence-corrected chi connectivity index (χ4v) is 0.565. The Kier molecular flexibility index (Phi) is 19.4. The van der Waals surface area contributed by atoms with Gasteiger partial charge in [0.1, 0.15) is 0 Å². The highest BCUT2D eigenvalue weighted by atomic mass is 16.2. The third-order valence-corrected chi connectivity index (χ3v) is 1.21. The van der Waals surface area contributed by atoms with Crippen molar-refractivity contribution in [1.82, 2.24) is 0 Å². The Morgan fingerprint density at radius 1 is 1.18 bits per heavy atom. The number of rotatable bonds is 4. The van der Waals surface area contributed by atoms with Crippen LogP contribution in [0.1, 0.15) is 46.0 Å². The normalized spacial score (nSPS) is 7.82. The van der Waals surface area contributed by atoms with Crippen LogP contribution in [0.15, 0.2) is 0 Å². The molecule has 0 atom stereocenters. The van der Waals surface area contributed by atoms with Gasteiger partial charge in [0.05, 0.1) is 6.61 Å². The molecule has 0 rings (SSSR count). The molecule has 0 aromatic carbocycles. The maximum Gasteiger partial charge on any atom is 0.0540 e. The number of aliphatic hydroxyl groups is 1. The first-order chi connectivity index (χ1) is 5.33. The number of unbranched alkanes of at least 4 members (excludes halogenated alkanes) is 3. The van der Waals surface area contributed by atoms with Crippen LogP contribution in [0.25, 0.3) is 0 Å². The number of hydrogen-bond donors (Lipinski definition) is 1. The largest absolute Gasteiger partial charge is 0.395 e. The van der Waals surface area contributed by atoms with Gasteiger partial charge in [-0.2, -0.15) is 0 Å². The second-order valence-electron chi connectivity index (χ2n) is 2.38. The molecule has 0 aliphatic rings. The predicted octanol–water partition coefficient (Wildman–Crippen LogP) is 2.59. The molecule has 0 aliphatic heterocycles. The van der Waals surface area contributed by atoms with E-state index < -0.39 is 0 Å². The van der Waals surface area contributed by atoms with Crippen LogP contribution in [0, 0.1) is 12.3 Å². The highest BCUT2D eigenvalue weighted by molar-refractivity contribution is 4.82. The van der Waals surface area contributed by atoms with Gasteiger partial charge in [0, 0.05) is 6.42 Å². The zero-order chi connectivity index (χ0) is 8.95. The van der Waals surface area contributed by atoms with E-state index in [4.69, 9.17) is 11.5 Å². The van der Waals surface area contributed by atoms with Gasteiger partial charge in [0.2, 0.25) is 0 Å². The minimum absolute atomic E-state index is 0.108. The molecule has 0 unspecified atom stereocenters. The first-order valence-corrected chi connectivity index (χ1v) is 4.37. The van der Waals surface area contributed by atoms with Crippen LogP contribution in [0.3, 0.4) is 0 Å². The average molecular weight is 156 g/mol. The Balaban J connectivity index is 0. The van der Waals surface area contributed by atoms with E-state index in [1.165, 1.54) is 25.7 Å². The van der Waals surface area contributed by atoms with Crippen molar-refractivity contribution in [2.24, 2.45) is 0 Å². The molecule has 1 nitrogen and oxygen atoms in total. The Morgan fingerprint density at radius 2 is 1.64 bits per heavy atom. The summed E-state index contributed by atoms with van der Waals surface area (Å²) >= 11 is 0. The second-order valence-corrected chi connectivity index (χ2v) is 2.38. The van der Waals surface area contributed by atoms with E-state index in [9.17, 15) is 0 Å². The molecule has 0 aromatic heterocycles. The Bertz CT molecular complexity index is 77.4. The summed E-state index contributed by atoms with van der Waals surface area (Å²) in [5, 5.41) is 7.92. The third-order valence-electron chi connectivity index (χ3n) is 1.21. The van der Waals surface area contributed by atoms with E-state index in [0.29, 0.717) is 6.42 Å². The van der Waals surface area contributed by atoms with Crippen LogP contribution < -0.4 is 0 Å². The average Bonchev–Trinajstić information content (AvgIpc) is 2.04. The Labute approximate surface area is 70.8 Å². The Morgan fingerprint density at radius 3 is 1.73 bits per heavy atom. The molecule has 0 saturated carbocycles. The summed E-state index contributed by atoms with van der Waals surface area (Å²) in [4.78, 5) is 0. The van der Waals surface area contributed by atoms with E-state index in [0.717, 1.165) is 0 Å². The third kappa shape index (κ3) is 26.4. The van der Waals surface area contributed by atoms with Crippen molar-refractivity contribution in [3.05, 3.63) is 0 Å². The summed E-state index contributed by atoms with van der Waals surface area (Å²) in [7, 11) is 0. The fourth-order valence-electron chi connectivity index (χ4n) is 0.565. The molecule has 0 radical (unpaired) electrons. The zero-order valence-electron chi connectivity index (χ0n) is 7.77. The molecule has 1 heteroatoms. The Hall–Kier alpha value is -0.480. The van der Waals surface area contributed by atoms with Crippen molar-refractivity contribution in [3.63, 3.8) is 0 Å². The number of terminal acetylenes is 1. The summed E-state index contributed by atoms with van der Waals surface area (Å²) in [6, 6.07) is 0. The SMILES string of the molecule is C#CCCO.CCCCCC. The lowest BCUT2D eigenvalue weighted by Gasteiger charge is -1.86. The first kappa shape index (κ1) is 13.1. The first-order valence-electron chi connectivity index (χ1n) is 4.37. The minimum Gasteiger partial charge on any atom is -0.395 e. The molecular formula is C10H20O. The van der Waals surface area contributed by atoms with Gasteiger partial charge in [0.15, 0.2) is 0 Å². The molecule has 0 aliphatic carbocycles. The van der Waals surface area contributed by atoms with Crippen LogP contribution in [0.4, 0.5) is 0 Å². The molecule has 0 aromatic rings. The van der Waals surface area contributed by atoms with Gasteiger partial charge in [-0.05, 0) is 0 Å². The van der Waals surface area contributed by atoms with E-state index in [1.807, 2.05) is 0 Å². The molecule has 0 amide bonds. The van der Waals surface area contributed by atoms with Crippen molar-refractivity contribution in [2.45, 2.75) is 46.0 Å². The second kappa shape index (κ2) is 16.3. The van der Waals surface area contributed by atoms with Crippen molar-refractivity contribution >= 4 is 0 Å². The van der Waals surface area contributed by atoms with E-state index >= 15 is 0 Å². The van der Waals surface area contributed by atoms with Crippen LogP contribution in [0.2, 0.25) is 0 Å². The van der Waals surface area contributed by atoms with Gasteiger partial charge < -0.3 is 5.11 Å². The molecule has 1 N–H and O–H groups in total. The monoisotopic (exact) mass is 156 g/mol. The van der Waals surface area contributed by atoms with E-state index in [-0.39, 0.29) is 6.61 Å². The lowest BCUT2D eigenvalue weighted by atomic mass is 10.2. The lowest BCUT2D eigenvalue weighted by Crippen LogP contribution is -1.72. The van der Waals surface area contributed by atoms with Crippen molar-refractivity contribution in [2.75, 3.05) is 6.61 Å². The van der Waals surface area contributed by atoms with Crippen molar-refractivity contribution < 1.29 is 5.11 Å². The van der Waals surface area contributed by atoms with Gasteiger partial charge in [0.25, 0.3) is 0 Å². The maximum atomic E-state index is 7.92. The highest BCUT2D eigenvalue weighted by Crippen LogP contribution is 1.95. The van der Waals surface area contributed by atoms with Crippen LogP contribution in [0.5, 0.6) is 0 Å². The quantitative estimate of drug-likeness (QED) is 0.490. The van der Waals surface area contributed by atoms with Gasteiger partial charge >= 0.3 is 0 Å². The van der Waals surface area contributed by atoms with Gasteiger partial charge in [-0.1, -0.05) is 39.5 Å². The zero-order valence-corrected chi connectivity index (χ0v) is 7.77.